The smallest absolute Gasteiger partial charge is 0.283 e. The Morgan fingerprint density at radius 2 is 2.03 bits per heavy atom. The number of benzene rings is 2. The Hall–Kier alpha value is -2.86. The molecule has 34 heavy (non-hydrogen) atoms. The van der Waals surface area contributed by atoms with Crippen molar-refractivity contribution in [2.45, 2.75) is 16.4 Å². The van der Waals surface area contributed by atoms with Gasteiger partial charge in [-0.2, -0.15) is 0 Å². The van der Waals surface area contributed by atoms with Crippen LogP contribution in [-0.2, 0) is 4.79 Å². The van der Waals surface area contributed by atoms with Crippen molar-refractivity contribution < 1.29 is 4.79 Å². The normalized spacial score (nSPS) is 11.4. The second-order valence-corrected chi connectivity index (χ2v) is 10.9. The first-order valence-electron chi connectivity index (χ1n) is 10.2. The molecule has 3 aromatic heterocycles. The highest BCUT2D eigenvalue weighted by Crippen LogP contribution is 2.28. The number of aromatic nitrogens is 5. The molecule has 3 heterocycles. The van der Waals surface area contributed by atoms with Crippen LogP contribution >= 0.6 is 46.5 Å². The molecule has 0 aliphatic carbocycles. The van der Waals surface area contributed by atoms with E-state index in [2.05, 4.69) is 20.5 Å². The first kappa shape index (κ1) is 22.9. The summed E-state index contributed by atoms with van der Waals surface area (Å²) in [4.78, 5) is 34.1. The second-order valence-electron chi connectivity index (χ2n) is 7.05. The number of hydrogen-bond donors (Lipinski definition) is 2. The van der Waals surface area contributed by atoms with Gasteiger partial charge in [0.1, 0.15) is 11.0 Å². The lowest BCUT2D eigenvalue weighted by atomic mass is 10.2. The highest BCUT2D eigenvalue weighted by atomic mass is 35.5. The van der Waals surface area contributed by atoms with Crippen LogP contribution in [0.3, 0.4) is 0 Å². The maximum atomic E-state index is 13.5. The van der Waals surface area contributed by atoms with Gasteiger partial charge in [0, 0.05) is 15.9 Å². The zero-order chi connectivity index (χ0) is 23.7. The molecule has 0 unspecified atom stereocenters. The van der Waals surface area contributed by atoms with Crippen LogP contribution in [0.2, 0.25) is 5.02 Å². The number of amides is 1. The molecule has 12 heteroatoms. The minimum absolute atomic E-state index is 0.0384. The summed E-state index contributed by atoms with van der Waals surface area (Å²) in [6.45, 7) is 2.03. The zero-order valence-corrected chi connectivity index (χ0v) is 20.9. The van der Waals surface area contributed by atoms with Crippen molar-refractivity contribution in [2.24, 2.45) is 0 Å². The number of H-pyrrole nitrogens is 1. The van der Waals surface area contributed by atoms with E-state index in [-0.39, 0.29) is 17.2 Å². The van der Waals surface area contributed by atoms with Crippen LogP contribution in [0.15, 0.2) is 62.8 Å². The maximum absolute atomic E-state index is 13.5. The van der Waals surface area contributed by atoms with E-state index in [0.29, 0.717) is 32.0 Å². The summed E-state index contributed by atoms with van der Waals surface area (Å²) in [6.07, 6.45) is 0. The third-order valence-corrected chi connectivity index (χ3v) is 7.84. The SMILES string of the molecule is CCSc1nnc(NC(=O)CSc2nc3c([nH]c4ccccc43)c(=O)n2-c2cccc(Cl)c2)s1. The molecule has 0 spiro atoms. The molecule has 0 saturated carbocycles. The Kier molecular flexibility index (Phi) is 6.59. The minimum atomic E-state index is -0.267. The number of thioether (sulfide) groups is 2. The average Bonchev–Trinajstić information content (AvgIpc) is 3.42. The predicted octanol–water partition coefficient (Wildman–Crippen LogP) is 5.21. The van der Waals surface area contributed by atoms with Gasteiger partial charge in [-0.1, -0.05) is 77.7 Å². The summed E-state index contributed by atoms with van der Waals surface area (Å²) in [5, 5.41) is 13.0. The van der Waals surface area contributed by atoms with Crippen molar-refractivity contribution >= 4 is 79.4 Å². The lowest BCUT2D eigenvalue weighted by Gasteiger charge is -2.12. The van der Waals surface area contributed by atoms with E-state index in [4.69, 9.17) is 16.6 Å². The predicted molar refractivity (Wildman–Crippen MR) is 140 cm³/mol. The number of carbonyl (C=O) groups excluding carboxylic acids is 1. The Balaban J connectivity index is 1.51. The molecule has 172 valence electrons. The van der Waals surface area contributed by atoms with Crippen molar-refractivity contribution in [1.29, 1.82) is 0 Å². The quantitative estimate of drug-likeness (QED) is 0.169. The highest BCUT2D eigenvalue weighted by molar-refractivity contribution is 8.01. The summed E-state index contributed by atoms with van der Waals surface area (Å²) in [6, 6.07) is 14.6. The number of halogens is 1. The van der Waals surface area contributed by atoms with E-state index in [0.717, 1.165) is 21.0 Å². The summed E-state index contributed by atoms with van der Waals surface area (Å²) in [7, 11) is 0. The summed E-state index contributed by atoms with van der Waals surface area (Å²) in [5.74, 6) is 0.651. The molecule has 2 N–H and O–H groups in total. The van der Waals surface area contributed by atoms with Gasteiger partial charge in [-0.15, -0.1) is 10.2 Å². The van der Waals surface area contributed by atoms with Gasteiger partial charge in [0.15, 0.2) is 9.50 Å². The lowest BCUT2D eigenvalue weighted by Crippen LogP contribution is -2.23. The van der Waals surface area contributed by atoms with Crippen molar-refractivity contribution in [3.63, 3.8) is 0 Å². The topological polar surface area (TPSA) is 106 Å². The molecule has 0 fully saturated rings. The third kappa shape index (κ3) is 4.56. The second kappa shape index (κ2) is 9.79. The number of fused-ring (bicyclic) bond motifs is 3. The molecule has 1 amide bonds. The number of anilines is 1. The van der Waals surface area contributed by atoms with Crippen LogP contribution in [0.5, 0.6) is 0 Å². The number of nitrogens with one attached hydrogen (secondary N) is 2. The van der Waals surface area contributed by atoms with Gasteiger partial charge in [-0.3, -0.25) is 19.5 Å². The molecule has 0 radical (unpaired) electrons. The number of carbonyl (C=O) groups is 1. The Bertz CT molecular complexity index is 1580. The van der Waals surface area contributed by atoms with Crippen LogP contribution in [0.1, 0.15) is 6.92 Å². The van der Waals surface area contributed by atoms with Crippen molar-refractivity contribution in [1.82, 2.24) is 24.7 Å². The Morgan fingerprint density at radius 1 is 1.18 bits per heavy atom. The summed E-state index contributed by atoms with van der Waals surface area (Å²) >= 11 is 10.3. The molecule has 0 bridgehead atoms. The molecular weight excluding hydrogens is 512 g/mol. The van der Waals surface area contributed by atoms with Gasteiger partial charge in [0.2, 0.25) is 11.0 Å². The van der Waals surface area contributed by atoms with Crippen LogP contribution in [-0.4, -0.2) is 42.1 Å². The molecule has 0 atom stereocenters. The molecule has 5 rings (SSSR count). The lowest BCUT2D eigenvalue weighted by molar-refractivity contribution is -0.113. The van der Waals surface area contributed by atoms with E-state index in [1.807, 2.05) is 31.2 Å². The van der Waals surface area contributed by atoms with Crippen LogP contribution in [0, 0.1) is 0 Å². The van der Waals surface area contributed by atoms with Gasteiger partial charge in [-0.05, 0) is 30.0 Å². The minimum Gasteiger partial charge on any atom is -0.349 e. The molecule has 8 nitrogen and oxygen atoms in total. The first-order valence-corrected chi connectivity index (χ1v) is 13.4. The highest BCUT2D eigenvalue weighted by Gasteiger charge is 2.19. The summed E-state index contributed by atoms with van der Waals surface area (Å²) in [5.41, 5.74) is 2.07. The van der Waals surface area contributed by atoms with Crippen molar-refractivity contribution in [3.05, 3.63) is 63.9 Å². The monoisotopic (exact) mass is 528 g/mol. The first-order chi connectivity index (χ1) is 16.5. The van der Waals surface area contributed by atoms with Gasteiger partial charge in [0.05, 0.1) is 11.4 Å². The van der Waals surface area contributed by atoms with E-state index >= 15 is 0 Å². The van der Waals surface area contributed by atoms with E-state index < -0.39 is 0 Å². The number of aromatic amines is 1. The largest absolute Gasteiger partial charge is 0.349 e. The summed E-state index contributed by atoms with van der Waals surface area (Å²) < 4.78 is 2.27. The fourth-order valence-corrected chi connectivity index (χ4v) is 6.06. The van der Waals surface area contributed by atoms with Crippen molar-refractivity contribution in [3.8, 4) is 5.69 Å². The molecule has 2 aromatic carbocycles. The molecule has 0 saturated heterocycles. The zero-order valence-electron chi connectivity index (χ0n) is 17.7. The Labute approximate surface area is 211 Å². The van der Waals surface area contributed by atoms with E-state index in [9.17, 15) is 9.59 Å². The average molecular weight is 529 g/mol. The maximum Gasteiger partial charge on any atom is 0.283 e. The van der Waals surface area contributed by atoms with Crippen LogP contribution in [0.25, 0.3) is 27.6 Å². The van der Waals surface area contributed by atoms with Gasteiger partial charge < -0.3 is 4.98 Å². The number of nitrogens with zero attached hydrogens (tertiary/aromatic N) is 4. The third-order valence-electron chi connectivity index (χ3n) is 4.81. The van der Waals surface area contributed by atoms with Gasteiger partial charge in [0.25, 0.3) is 5.56 Å². The Morgan fingerprint density at radius 3 is 2.85 bits per heavy atom. The number of hydrogen-bond acceptors (Lipinski definition) is 8. The fourth-order valence-electron chi connectivity index (χ4n) is 3.41. The molecule has 0 aliphatic heterocycles. The molecule has 0 aliphatic rings. The van der Waals surface area contributed by atoms with Gasteiger partial charge in [-0.25, -0.2) is 4.98 Å². The van der Waals surface area contributed by atoms with Crippen LogP contribution in [0.4, 0.5) is 5.13 Å². The van der Waals surface area contributed by atoms with E-state index in [1.54, 1.807) is 36.0 Å². The number of para-hydroxylation sites is 1. The van der Waals surface area contributed by atoms with Crippen molar-refractivity contribution in [2.75, 3.05) is 16.8 Å². The van der Waals surface area contributed by atoms with E-state index in [1.165, 1.54) is 27.7 Å². The van der Waals surface area contributed by atoms with Crippen LogP contribution < -0.4 is 10.9 Å². The fraction of sp³-hybridized carbons (Fsp3) is 0.136. The number of rotatable bonds is 7. The molecule has 5 aromatic rings. The van der Waals surface area contributed by atoms with Gasteiger partial charge >= 0.3 is 0 Å². The standard InChI is InChI=1S/C22H17ClN6O2S3/c1-2-32-22-28-27-20(34-22)25-16(30)11-33-21-26-17-14-8-3-4-9-15(14)24-18(17)19(31)29(21)13-7-5-6-12(23)10-13/h3-10,24H,2,11H2,1H3,(H,25,27,30). The molecular formula is C22H17ClN6O2S3.